The number of hydrogen-bond acceptors (Lipinski definition) is 4. The van der Waals surface area contributed by atoms with E-state index in [1.54, 1.807) is 36.4 Å². The lowest BCUT2D eigenvalue weighted by Crippen LogP contribution is -2.22. The molecule has 0 bridgehead atoms. The van der Waals surface area contributed by atoms with Crippen LogP contribution in [0.4, 0.5) is 27.8 Å². The lowest BCUT2D eigenvalue weighted by Gasteiger charge is -2.10. The lowest BCUT2D eigenvalue weighted by molar-refractivity contribution is -0.114. The number of imidazole rings is 1. The van der Waals surface area contributed by atoms with Gasteiger partial charge in [-0.15, -0.1) is 0 Å². The van der Waals surface area contributed by atoms with Crippen molar-refractivity contribution >= 4 is 46.0 Å². The maximum absolute atomic E-state index is 12.3. The number of aromatic nitrogens is 2. The summed E-state index contributed by atoms with van der Waals surface area (Å²) in [5.74, 6) is 0.292. The van der Waals surface area contributed by atoms with Gasteiger partial charge in [0.1, 0.15) is 0 Å². The third-order valence-electron chi connectivity index (χ3n) is 4.24. The molecule has 0 unspecified atom stereocenters. The van der Waals surface area contributed by atoms with E-state index in [4.69, 9.17) is 0 Å². The molecule has 0 saturated heterocycles. The number of para-hydroxylation sites is 3. The predicted octanol–water partition coefficient (Wildman–Crippen LogP) is 4.26. The van der Waals surface area contributed by atoms with Crippen LogP contribution in [0.5, 0.6) is 0 Å². The minimum absolute atomic E-state index is 0.0476. The highest BCUT2D eigenvalue weighted by atomic mass is 16.2. The third-order valence-corrected chi connectivity index (χ3v) is 4.24. The van der Waals surface area contributed by atoms with Gasteiger partial charge in [0, 0.05) is 17.1 Å². The standard InChI is InChI=1S/C22H20N6O2/c29-20(14-23-21-27-18-11-4-5-12-19(18)28-21)24-16-9-6-10-17(13-16)26-22(30)25-15-7-2-1-3-8-15/h1-13H,14H2,(H,24,29)(H2,23,27,28)(H2,25,26,30). The van der Waals surface area contributed by atoms with Gasteiger partial charge < -0.3 is 26.3 Å². The van der Waals surface area contributed by atoms with E-state index in [0.29, 0.717) is 23.0 Å². The third kappa shape index (κ3) is 4.93. The number of amides is 3. The molecule has 0 aliphatic carbocycles. The molecule has 0 atom stereocenters. The van der Waals surface area contributed by atoms with Crippen LogP contribution in [0.1, 0.15) is 0 Å². The van der Waals surface area contributed by atoms with E-state index in [1.807, 2.05) is 42.5 Å². The highest BCUT2D eigenvalue weighted by Crippen LogP contribution is 2.16. The number of nitrogens with one attached hydrogen (secondary N) is 5. The molecule has 0 radical (unpaired) electrons. The van der Waals surface area contributed by atoms with E-state index in [9.17, 15) is 9.59 Å². The molecule has 30 heavy (non-hydrogen) atoms. The summed E-state index contributed by atoms with van der Waals surface area (Å²) in [7, 11) is 0. The number of anilines is 4. The summed E-state index contributed by atoms with van der Waals surface area (Å²) in [4.78, 5) is 31.9. The molecule has 1 heterocycles. The van der Waals surface area contributed by atoms with Gasteiger partial charge in [-0.1, -0.05) is 36.4 Å². The number of hydrogen-bond donors (Lipinski definition) is 5. The first-order valence-corrected chi connectivity index (χ1v) is 9.37. The molecule has 0 aliphatic heterocycles. The summed E-state index contributed by atoms with van der Waals surface area (Å²) < 4.78 is 0. The van der Waals surface area contributed by atoms with Crippen molar-refractivity contribution < 1.29 is 9.59 Å². The topological polar surface area (TPSA) is 111 Å². The Morgan fingerprint density at radius 3 is 2.23 bits per heavy atom. The van der Waals surface area contributed by atoms with Gasteiger partial charge in [-0.05, 0) is 42.5 Å². The highest BCUT2D eigenvalue weighted by molar-refractivity contribution is 6.00. The van der Waals surface area contributed by atoms with Crippen LogP contribution in [0.25, 0.3) is 11.0 Å². The molecule has 0 saturated carbocycles. The number of benzene rings is 3. The van der Waals surface area contributed by atoms with Crippen molar-refractivity contribution in [2.75, 3.05) is 27.8 Å². The Kier molecular flexibility index (Phi) is 5.56. The molecular formula is C22H20N6O2. The average molecular weight is 400 g/mol. The molecule has 3 amide bonds. The molecule has 4 rings (SSSR count). The first kappa shape index (κ1) is 19.0. The Bertz CT molecular complexity index is 1140. The van der Waals surface area contributed by atoms with Crippen LogP contribution in [0.15, 0.2) is 78.9 Å². The molecule has 0 spiro atoms. The Morgan fingerprint density at radius 2 is 1.43 bits per heavy atom. The Balaban J connectivity index is 1.30. The van der Waals surface area contributed by atoms with Crippen LogP contribution in [0, 0.1) is 0 Å². The van der Waals surface area contributed by atoms with Gasteiger partial charge >= 0.3 is 6.03 Å². The van der Waals surface area contributed by atoms with Crippen LogP contribution in [-0.2, 0) is 4.79 Å². The molecular weight excluding hydrogens is 380 g/mol. The van der Waals surface area contributed by atoms with Crippen molar-refractivity contribution in [2.45, 2.75) is 0 Å². The number of nitrogens with zero attached hydrogens (tertiary/aromatic N) is 1. The van der Waals surface area contributed by atoms with E-state index in [0.717, 1.165) is 11.0 Å². The number of H-pyrrole nitrogens is 1. The second-order valence-electron chi connectivity index (χ2n) is 6.53. The number of carbonyl (C=O) groups excluding carboxylic acids is 2. The number of urea groups is 1. The van der Waals surface area contributed by atoms with Crippen molar-refractivity contribution in [3.8, 4) is 0 Å². The fraction of sp³-hybridized carbons (Fsp3) is 0.0455. The van der Waals surface area contributed by atoms with Crippen LogP contribution in [0.3, 0.4) is 0 Å². The summed E-state index contributed by atoms with van der Waals surface area (Å²) >= 11 is 0. The predicted molar refractivity (Wildman–Crippen MR) is 119 cm³/mol. The molecule has 1 aromatic heterocycles. The van der Waals surface area contributed by atoms with E-state index >= 15 is 0 Å². The quantitative estimate of drug-likeness (QED) is 0.333. The summed E-state index contributed by atoms with van der Waals surface area (Å²) in [6.45, 7) is 0.0476. The number of rotatable bonds is 6. The van der Waals surface area contributed by atoms with E-state index < -0.39 is 0 Å². The number of carbonyl (C=O) groups is 2. The van der Waals surface area contributed by atoms with Gasteiger partial charge in [-0.3, -0.25) is 4.79 Å². The monoisotopic (exact) mass is 400 g/mol. The van der Waals surface area contributed by atoms with Crippen molar-refractivity contribution in [1.29, 1.82) is 0 Å². The van der Waals surface area contributed by atoms with Crippen molar-refractivity contribution in [3.63, 3.8) is 0 Å². The molecule has 0 aliphatic rings. The van der Waals surface area contributed by atoms with Gasteiger partial charge in [0.2, 0.25) is 11.9 Å². The minimum atomic E-state index is -0.365. The van der Waals surface area contributed by atoms with Gasteiger partial charge in [0.25, 0.3) is 0 Å². The Morgan fingerprint density at radius 1 is 0.767 bits per heavy atom. The number of aromatic amines is 1. The van der Waals surface area contributed by atoms with Crippen molar-refractivity contribution in [3.05, 3.63) is 78.9 Å². The van der Waals surface area contributed by atoms with Gasteiger partial charge in [-0.2, -0.15) is 0 Å². The van der Waals surface area contributed by atoms with Gasteiger partial charge in [0.05, 0.1) is 17.6 Å². The first-order chi connectivity index (χ1) is 14.7. The molecule has 5 N–H and O–H groups in total. The fourth-order valence-electron chi connectivity index (χ4n) is 2.90. The second-order valence-corrected chi connectivity index (χ2v) is 6.53. The maximum atomic E-state index is 12.3. The highest BCUT2D eigenvalue weighted by Gasteiger charge is 2.07. The molecule has 0 fully saturated rings. The average Bonchev–Trinajstić information content (AvgIpc) is 3.16. The van der Waals surface area contributed by atoms with Crippen LogP contribution in [0.2, 0.25) is 0 Å². The van der Waals surface area contributed by atoms with Crippen LogP contribution in [-0.4, -0.2) is 28.5 Å². The summed E-state index contributed by atoms with van der Waals surface area (Å²) in [6, 6.07) is 23.3. The molecule has 3 aromatic carbocycles. The van der Waals surface area contributed by atoms with Gasteiger partial charge in [-0.25, -0.2) is 9.78 Å². The zero-order valence-corrected chi connectivity index (χ0v) is 16.0. The van der Waals surface area contributed by atoms with E-state index in [1.165, 1.54) is 0 Å². The van der Waals surface area contributed by atoms with Crippen molar-refractivity contribution in [1.82, 2.24) is 9.97 Å². The molecule has 8 nitrogen and oxygen atoms in total. The Hall–Kier alpha value is -4.33. The van der Waals surface area contributed by atoms with Gasteiger partial charge in [0.15, 0.2) is 0 Å². The maximum Gasteiger partial charge on any atom is 0.323 e. The lowest BCUT2D eigenvalue weighted by atomic mass is 10.2. The fourth-order valence-corrected chi connectivity index (χ4v) is 2.90. The minimum Gasteiger partial charge on any atom is -0.347 e. The second kappa shape index (κ2) is 8.78. The summed E-state index contributed by atoms with van der Waals surface area (Å²) in [5.41, 5.74) is 3.55. The Labute approximate surface area is 172 Å². The van der Waals surface area contributed by atoms with Crippen molar-refractivity contribution in [2.24, 2.45) is 0 Å². The molecule has 8 heteroatoms. The summed E-state index contributed by atoms with van der Waals surface area (Å²) in [5, 5.41) is 11.3. The summed E-state index contributed by atoms with van der Waals surface area (Å²) in [6.07, 6.45) is 0. The largest absolute Gasteiger partial charge is 0.347 e. The molecule has 150 valence electrons. The van der Waals surface area contributed by atoms with Crippen LogP contribution < -0.4 is 21.3 Å². The smallest absolute Gasteiger partial charge is 0.323 e. The van der Waals surface area contributed by atoms with Crippen LogP contribution >= 0.6 is 0 Å². The van der Waals surface area contributed by atoms with E-state index in [-0.39, 0.29) is 18.5 Å². The molecule has 4 aromatic rings. The zero-order chi connectivity index (χ0) is 20.8. The number of fused-ring (bicyclic) bond motifs is 1. The zero-order valence-electron chi connectivity index (χ0n) is 16.0. The SMILES string of the molecule is O=C(CNc1nc2ccccc2[nH]1)Nc1cccc(NC(=O)Nc2ccccc2)c1. The van der Waals surface area contributed by atoms with E-state index in [2.05, 4.69) is 31.2 Å². The first-order valence-electron chi connectivity index (χ1n) is 9.37. The normalized spacial score (nSPS) is 10.4.